The summed E-state index contributed by atoms with van der Waals surface area (Å²) in [5, 5.41) is 3.78. The molecule has 1 aliphatic heterocycles. The molecule has 0 saturated carbocycles. The van der Waals surface area contributed by atoms with Gasteiger partial charge in [0, 0.05) is 29.8 Å². The molecule has 1 saturated heterocycles. The number of nitrogens with one attached hydrogen (secondary N) is 1. The molecular formula is C18H22Cl3N3O. The molecule has 2 aromatic rings. The molecule has 1 amide bonds. The lowest BCUT2D eigenvalue weighted by Crippen LogP contribution is -2.42. The fourth-order valence-electron chi connectivity index (χ4n) is 2.89. The van der Waals surface area contributed by atoms with Gasteiger partial charge in [0.1, 0.15) is 6.04 Å². The summed E-state index contributed by atoms with van der Waals surface area (Å²) < 4.78 is 0. The largest absolute Gasteiger partial charge is 0.369 e. The van der Waals surface area contributed by atoms with Crippen molar-refractivity contribution >= 4 is 48.0 Å². The first kappa shape index (κ1) is 21.6. The molecule has 1 heterocycles. The zero-order valence-electron chi connectivity index (χ0n) is 13.6. The van der Waals surface area contributed by atoms with Gasteiger partial charge in [0.15, 0.2) is 0 Å². The molecule has 3 N–H and O–H groups in total. The summed E-state index contributed by atoms with van der Waals surface area (Å²) in [6, 6.07) is 16.7. The van der Waals surface area contributed by atoms with Crippen LogP contribution in [0.25, 0.3) is 0 Å². The summed E-state index contributed by atoms with van der Waals surface area (Å²) in [5.41, 5.74) is 7.95. The first-order chi connectivity index (χ1) is 11.1. The first-order valence-electron chi connectivity index (χ1n) is 7.75. The quantitative estimate of drug-likeness (QED) is 0.822. The SMILES string of the molecule is Cl.Cl.NC(C(=O)NC1CCN(c2cccc(Cl)c2)C1)c1ccccc1. The van der Waals surface area contributed by atoms with Crippen molar-refractivity contribution in [1.29, 1.82) is 0 Å². The molecule has 1 aliphatic rings. The molecule has 0 spiro atoms. The number of nitrogens with zero attached hydrogens (tertiary/aromatic N) is 1. The van der Waals surface area contributed by atoms with Gasteiger partial charge in [-0.25, -0.2) is 0 Å². The van der Waals surface area contributed by atoms with E-state index in [2.05, 4.69) is 10.2 Å². The number of carbonyl (C=O) groups excluding carboxylic acids is 1. The minimum atomic E-state index is -0.628. The Bertz CT molecular complexity index is 684. The Hall–Kier alpha value is -1.46. The lowest BCUT2D eigenvalue weighted by Gasteiger charge is -2.20. The number of anilines is 1. The summed E-state index contributed by atoms with van der Waals surface area (Å²) in [4.78, 5) is 14.5. The van der Waals surface area contributed by atoms with Gasteiger partial charge in [-0.2, -0.15) is 0 Å². The van der Waals surface area contributed by atoms with Crippen molar-refractivity contribution in [1.82, 2.24) is 5.32 Å². The van der Waals surface area contributed by atoms with Crippen LogP contribution in [-0.2, 0) is 4.79 Å². The van der Waals surface area contributed by atoms with Gasteiger partial charge >= 0.3 is 0 Å². The van der Waals surface area contributed by atoms with Crippen LogP contribution in [0.1, 0.15) is 18.0 Å². The van der Waals surface area contributed by atoms with E-state index < -0.39 is 6.04 Å². The number of carbonyl (C=O) groups is 1. The van der Waals surface area contributed by atoms with Crippen LogP contribution < -0.4 is 16.0 Å². The Morgan fingerprint density at radius 3 is 2.56 bits per heavy atom. The van der Waals surface area contributed by atoms with Crippen molar-refractivity contribution in [2.24, 2.45) is 5.73 Å². The van der Waals surface area contributed by atoms with E-state index in [1.807, 2.05) is 54.6 Å². The maximum absolute atomic E-state index is 12.3. The number of amides is 1. The van der Waals surface area contributed by atoms with Crippen LogP contribution in [0.2, 0.25) is 5.02 Å². The van der Waals surface area contributed by atoms with Gasteiger partial charge in [0.2, 0.25) is 5.91 Å². The fourth-order valence-corrected chi connectivity index (χ4v) is 3.07. The number of hydrogen-bond acceptors (Lipinski definition) is 3. The van der Waals surface area contributed by atoms with Gasteiger partial charge < -0.3 is 16.0 Å². The van der Waals surface area contributed by atoms with E-state index in [-0.39, 0.29) is 36.8 Å². The summed E-state index contributed by atoms with van der Waals surface area (Å²) in [6.07, 6.45) is 0.903. The number of benzene rings is 2. The Balaban J connectivity index is 0.00000156. The number of nitrogens with two attached hydrogens (primary N) is 1. The summed E-state index contributed by atoms with van der Waals surface area (Å²) in [6.45, 7) is 1.67. The topological polar surface area (TPSA) is 58.4 Å². The van der Waals surface area contributed by atoms with Crippen molar-refractivity contribution in [2.45, 2.75) is 18.5 Å². The normalized spacial score (nSPS) is 17.2. The molecule has 2 unspecified atom stereocenters. The molecule has 4 nitrogen and oxygen atoms in total. The van der Waals surface area contributed by atoms with Crippen LogP contribution in [0.15, 0.2) is 54.6 Å². The van der Waals surface area contributed by atoms with Crippen molar-refractivity contribution in [3.63, 3.8) is 0 Å². The van der Waals surface area contributed by atoms with E-state index in [4.69, 9.17) is 17.3 Å². The molecule has 3 rings (SSSR count). The number of rotatable bonds is 4. The van der Waals surface area contributed by atoms with Gasteiger partial charge in [0.25, 0.3) is 0 Å². The predicted molar refractivity (Wildman–Crippen MR) is 108 cm³/mol. The van der Waals surface area contributed by atoms with E-state index in [9.17, 15) is 4.79 Å². The Labute approximate surface area is 165 Å². The van der Waals surface area contributed by atoms with E-state index in [1.54, 1.807) is 0 Å². The van der Waals surface area contributed by atoms with E-state index in [0.717, 1.165) is 35.8 Å². The van der Waals surface area contributed by atoms with Crippen LogP contribution in [0.4, 0.5) is 5.69 Å². The molecule has 1 fully saturated rings. The maximum atomic E-state index is 12.3. The van der Waals surface area contributed by atoms with Crippen LogP contribution in [0.5, 0.6) is 0 Å². The third-order valence-electron chi connectivity index (χ3n) is 4.15. The van der Waals surface area contributed by atoms with Crippen LogP contribution in [-0.4, -0.2) is 25.0 Å². The molecule has 136 valence electrons. The number of halogens is 3. The van der Waals surface area contributed by atoms with Gasteiger partial charge in [-0.3, -0.25) is 4.79 Å². The zero-order chi connectivity index (χ0) is 16.2. The Kier molecular flexibility index (Phi) is 8.53. The third kappa shape index (κ3) is 5.51. The summed E-state index contributed by atoms with van der Waals surface area (Å²) >= 11 is 6.04. The molecule has 7 heteroatoms. The van der Waals surface area contributed by atoms with Crippen molar-refractivity contribution < 1.29 is 4.79 Å². The highest BCUT2D eigenvalue weighted by Gasteiger charge is 2.26. The fraction of sp³-hybridized carbons (Fsp3) is 0.278. The second-order valence-corrected chi connectivity index (χ2v) is 6.24. The highest BCUT2D eigenvalue weighted by molar-refractivity contribution is 6.30. The highest BCUT2D eigenvalue weighted by Crippen LogP contribution is 2.23. The molecule has 0 aromatic heterocycles. The molecule has 2 aromatic carbocycles. The minimum absolute atomic E-state index is 0. The van der Waals surface area contributed by atoms with Crippen molar-refractivity contribution in [2.75, 3.05) is 18.0 Å². The summed E-state index contributed by atoms with van der Waals surface area (Å²) in [5.74, 6) is -0.130. The van der Waals surface area contributed by atoms with E-state index in [0.29, 0.717) is 0 Å². The standard InChI is InChI=1S/C18H20ClN3O.2ClH/c19-14-7-4-8-16(11-14)22-10-9-15(12-22)21-18(23)17(20)13-5-2-1-3-6-13;;/h1-8,11,15,17H,9-10,12,20H2,(H,21,23);2*1H. The van der Waals surface area contributed by atoms with Crippen LogP contribution in [0.3, 0.4) is 0 Å². The minimum Gasteiger partial charge on any atom is -0.369 e. The molecular weight excluding hydrogens is 381 g/mol. The van der Waals surface area contributed by atoms with Gasteiger partial charge in [0.05, 0.1) is 0 Å². The highest BCUT2D eigenvalue weighted by atomic mass is 35.5. The molecule has 0 bridgehead atoms. The number of hydrogen-bond donors (Lipinski definition) is 2. The Morgan fingerprint density at radius 2 is 1.88 bits per heavy atom. The zero-order valence-corrected chi connectivity index (χ0v) is 16.0. The average molecular weight is 403 g/mol. The van der Waals surface area contributed by atoms with E-state index >= 15 is 0 Å². The van der Waals surface area contributed by atoms with Crippen LogP contribution in [0, 0.1) is 0 Å². The molecule has 25 heavy (non-hydrogen) atoms. The second-order valence-electron chi connectivity index (χ2n) is 5.81. The smallest absolute Gasteiger partial charge is 0.241 e. The van der Waals surface area contributed by atoms with E-state index in [1.165, 1.54) is 0 Å². The van der Waals surface area contributed by atoms with Crippen LogP contribution >= 0.6 is 36.4 Å². The monoisotopic (exact) mass is 401 g/mol. The molecule has 0 radical (unpaired) electrons. The molecule has 0 aliphatic carbocycles. The lowest BCUT2D eigenvalue weighted by atomic mass is 10.1. The van der Waals surface area contributed by atoms with Gasteiger partial charge in [-0.15, -0.1) is 24.8 Å². The van der Waals surface area contributed by atoms with Crippen molar-refractivity contribution in [3.8, 4) is 0 Å². The maximum Gasteiger partial charge on any atom is 0.241 e. The van der Waals surface area contributed by atoms with Gasteiger partial charge in [-0.1, -0.05) is 48.0 Å². The lowest BCUT2D eigenvalue weighted by molar-refractivity contribution is -0.123. The Morgan fingerprint density at radius 1 is 1.16 bits per heavy atom. The molecule has 2 atom stereocenters. The third-order valence-corrected chi connectivity index (χ3v) is 4.38. The van der Waals surface area contributed by atoms with Crippen molar-refractivity contribution in [3.05, 3.63) is 65.2 Å². The summed E-state index contributed by atoms with van der Waals surface area (Å²) in [7, 11) is 0. The second kappa shape index (κ2) is 9.88. The predicted octanol–water partition coefficient (Wildman–Crippen LogP) is 3.58. The van der Waals surface area contributed by atoms with Gasteiger partial charge in [-0.05, 0) is 30.2 Å². The first-order valence-corrected chi connectivity index (χ1v) is 8.13. The average Bonchev–Trinajstić information content (AvgIpc) is 3.03.